The lowest BCUT2D eigenvalue weighted by atomic mass is 9.86. The minimum absolute atomic E-state index is 0.130. The molecule has 48 heavy (non-hydrogen) atoms. The molecule has 4 aromatic rings. The van der Waals surface area contributed by atoms with Gasteiger partial charge in [0.1, 0.15) is 0 Å². The van der Waals surface area contributed by atoms with Crippen LogP contribution in [0.2, 0.25) is 0 Å². The van der Waals surface area contributed by atoms with Gasteiger partial charge in [0.05, 0.1) is 5.60 Å². The van der Waals surface area contributed by atoms with Gasteiger partial charge in [0, 0.05) is 5.56 Å². The van der Waals surface area contributed by atoms with Gasteiger partial charge >= 0.3 is 0 Å². The summed E-state index contributed by atoms with van der Waals surface area (Å²) in [4.78, 5) is 10.9. The average molecular weight is 651 g/mol. The quantitative estimate of drug-likeness (QED) is 0.211. The maximum atomic E-state index is 10.9. The molecule has 0 spiro atoms. The summed E-state index contributed by atoms with van der Waals surface area (Å²) in [6, 6.07) is 33.6. The van der Waals surface area contributed by atoms with E-state index in [1.165, 1.54) is 33.4 Å². The number of carbonyl (C=O) groups excluding carboxylic acids is 1. The number of rotatable bonds is 6. The van der Waals surface area contributed by atoms with Crippen molar-refractivity contribution in [3.05, 3.63) is 142 Å². The molecule has 0 atom stereocenters. The first-order chi connectivity index (χ1) is 22.1. The van der Waals surface area contributed by atoms with Gasteiger partial charge in [-0.15, -0.1) is 0 Å². The third kappa shape index (κ3) is 15.6. The van der Waals surface area contributed by atoms with Gasteiger partial charge in [0.25, 0.3) is 0 Å². The molecule has 1 N–H and O–H groups in total. The summed E-state index contributed by atoms with van der Waals surface area (Å²) in [6.45, 7) is 31.5. The lowest BCUT2D eigenvalue weighted by Gasteiger charge is -2.19. The highest BCUT2D eigenvalue weighted by atomic mass is 16.3. The molecule has 0 fully saturated rings. The van der Waals surface area contributed by atoms with Gasteiger partial charge in [-0.3, -0.25) is 4.79 Å². The van der Waals surface area contributed by atoms with Crippen LogP contribution in [-0.4, -0.2) is 10.9 Å². The minimum atomic E-state index is -0.727. The first-order valence-corrected chi connectivity index (χ1v) is 17.7. The Kier molecular flexibility index (Phi) is 17.3. The molecule has 0 unspecified atom stereocenters. The van der Waals surface area contributed by atoms with E-state index in [9.17, 15) is 9.90 Å². The normalized spacial score (nSPS) is 11.3. The van der Waals surface area contributed by atoms with Gasteiger partial charge < -0.3 is 5.11 Å². The molecule has 0 aromatic heterocycles. The van der Waals surface area contributed by atoms with Crippen molar-refractivity contribution in [1.82, 2.24) is 0 Å². The van der Waals surface area contributed by atoms with Crippen molar-refractivity contribution in [3.63, 3.8) is 0 Å². The molecule has 4 rings (SSSR count). The molecular weight excluding hydrogens is 585 g/mol. The van der Waals surface area contributed by atoms with Crippen LogP contribution < -0.4 is 0 Å². The number of aliphatic hydroxyl groups is 1. The van der Waals surface area contributed by atoms with Crippen molar-refractivity contribution in [2.45, 2.75) is 139 Å². The van der Waals surface area contributed by atoms with Crippen molar-refractivity contribution < 1.29 is 9.90 Å². The van der Waals surface area contributed by atoms with Gasteiger partial charge in [0.2, 0.25) is 0 Å². The number of hydrogen-bond acceptors (Lipinski definition) is 2. The Bertz CT molecular complexity index is 1390. The zero-order valence-electron chi connectivity index (χ0n) is 32.9. The second kappa shape index (κ2) is 19.5. The number of Topliss-reactive ketones (excluding diaryl/α,β-unsaturated/α-hetero) is 1. The highest BCUT2D eigenvalue weighted by Crippen LogP contribution is 2.25. The van der Waals surface area contributed by atoms with Crippen LogP contribution in [0.25, 0.3) is 0 Å². The van der Waals surface area contributed by atoms with E-state index in [0.29, 0.717) is 23.7 Å². The number of carbonyl (C=O) groups is 1. The molecule has 0 radical (unpaired) electrons. The summed E-state index contributed by atoms with van der Waals surface area (Å²) >= 11 is 0. The first kappa shape index (κ1) is 42.5. The molecule has 2 nitrogen and oxygen atoms in total. The van der Waals surface area contributed by atoms with Crippen molar-refractivity contribution >= 4 is 5.78 Å². The Morgan fingerprint density at radius 3 is 1.00 bits per heavy atom. The van der Waals surface area contributed by atoms with Gasteiger partial charge in [-0.2, -0.15) is 0 Å². The van der Waals surface area contributed by atoms with Gasteiger partial charge in [-0.05, 0) is 90.2 Å². The highest BCUT2D eigenvalue weighted by Gasteiger charge is 2.15. The molecular formula is C46H66O2. The van der Waals surface area contributed by atoms with Crippen molar-refractivity contribution in [1.29, 1.82) is 0 Å². The van der Waals surface area contributed by atoms with E-state index in [-0.39, 0.29) is 11.2 Å². The Labute approximate surface area is 295 Å². The summed E-state index contributed by atoms with van der Waals surface area (Å²) in [6.07, 6.45) is 0. The summed E-state index contributed by atoms with van der Waals surface area (Å²) in [5, 5.41) is 9.72. The molecule has 0 aliphatic rings. The van der Waals surface area contributed by atoms with E-state index in [1.807, 2.05) is 36.4 Å². The highest BCUT2D eigenvalue weighted by molar-refractivity contribution is 5.94. The molecule has 0 aliphatic carbocycles. The fourth-order valence-electron chi connectivity index (χ4n) is 4.70. The van der Waals surface area contributed by atoms with Crippen molar-refractivity contribution in [2.75, 3.05) is 0 Å². The Morgan fingerprint density at radius 2 is 0.750 bits per heavy atom. The first-order valence-electron chi connectivity index (χ1n) is 17.7. The summed E-state index contributed by atoms with van der Waals surface area (Å²) in [5.41, 5.74) is 9.49. The van der Waals surface area contributed by atoms with E-state index in [1.54, 1.807) is 20.8 Å². The van der Waals surface area contributed by atoms with E-state index in [4.69, 9.17) is 0 Å². The molecule has 0 aliphatic heterocycles. The Balaban J connectivity index is 0.000000321. The number of hydrogen-bond donors (Lipinski definition) is 1. The number of ketones is 1. The molecule has 4 aromatic carbocycles. The SMILES string of the molecule is CC(=O)c1ccc(C(C)C)cc1.CC(C)c1ccc(C(C)(C)C)cc1.CC(C)c1ccc(C(C)(C)O)cc1.Cc1ccc(C(C)C)cc1. The third-order valence-electron chi connectivity index (χ3n) is 8.46. The zero-order chi connectivity index (χ0) is 36.8. The summed E-state index contributed by atoms with van der Waals surface area (Å²) in [7, 11) is 0. The van der Waals surface area contributed by atoms with Crippen LogP contribution in [0.3, 0.4) is 0 Å². The van der Waals surface area contributed by atoms with E-state index >= 15 is 0 Å². The predicted octanol–water partition coefficient (Wildman–Crippen LogP) is 13.3. The predicted molar refractivity (Wildman–Crippen MR) is 211 cm³/mol. The van der Waals surface area contributed by atoms with Crippen LogP contribution in [0, 0.1) is 6.92 Å². The van der Waals surface area contributed by atoms with Crippen molar-refractivity contribution in [3.8, 4) is 0 Å². The van der Waals surface area contributed by atoms with Gasteiger partial charge in [-0.25, -0.2) is 0 Å². The average Bonchev–Trinajstić information content (AvgIpc) is 3.01. The zero-order valence-corrected chi connectivity index (χ0v) is 32.9. The monoisotopic (exact) mass is 651 g/mol. The van der Waals surface area contributed by atoms with Crippen LogP contribution in [0.5, 0.6) is 0 Å². The summed E-state index contributed by atoms with van der Waals surface area (Å²) < 4.78 is 0. The molecule has 0 heterocycles. The van der Waals surface area contributed by atoms with Gasteiger partial charge in [-0.1, -0.05) is 179 Å². The number of aryl methyl sites for hydroxylation is 1. The molecule has 0 saturated carbocycles. The molecule has 0 saturated heterocycles. The smallest absolute Gasteiger partial charge is 0.159 e. The molecule has 0 amide bonds. The van der Waals surface area contributed by atoms with Crippen LogP contribution in [-0.2, 0) is 11.0 Å². The number of benzene rings is 4. The fraction of sp³-hybridized carbons (Fsp3) is 0.457. The lowest BCUT2D eigenvalue weighted by molar-refractivity contribution is 0.0785. The third-order valence-corrected chi connectivity index (χ3v) is 8.46. The van der Waals surface area contributed by atoms with Crippen LogP contribution in [0.4, 0.5) is 0 Å². The topological polar surface area (TPSA) is 37.3 Å². The lowest BCUT2D eigenvalue weighted by Crippen LogP contribution is -2.15. The standard InChI is InChI=1S/C13H20.C12H18O.C11H14O.C10H14/c1-10(2)11-6-8-12(9-7-11)13(3,4)5;1-9(2)10-5-7-11(8-6-10)12(3,4)13;1-8(2)10-4-6-11(7-5-10)9(3)12;1-8(2)10-6-4-9(3)5-7-10/h6-10H,1-5H3;5-9,13H,1-4H3;4-8H,1-3H3;4-8H,1-3H3. The van der Waals surface area contributed by atoms with Crippen LogP contribution in [0.15, 0.2) is 97.1 Å². The minimum Gasteiger partial charge on any atom is -0.386 e. The maximum Gasteiger partial charge on any atom is 0.159 e. The van der Waals surface area contributed by atoms with Crippen LogP contribution >= 0.6 is 0 Å². The Morgan fingerprint density at radius 1 is 0.479 bits per heavy atom. The van der Waals surface area contributed by atoms with E-state index < -0.39 is 5.60 Å². The van der Waals surface area contributed by atoms with Crippen LogP contribution in [0.1, 0.15) is 170 Å². The Hall–Kier alpha value is -3.49. The fourth-order valence-corrected chi connectivity index (χ4v) is 4.70. The van der Waals surface area contributed by atoms with Crippen molar-refractivity contribution in [2.24, 2.45) is 0 Å². The van der Waals surface area contributed by atoms with Gasteiger partial charge in [0.15, 0.2) is 5.78 Å². The molecule has 2 heteroatoms. The van der Waals surface area contributed by atoms with E-state index in [0.717, 1.165) is 11.1 Å². The second-order valence-corrected chi connectivity index (χ2v) is 15.8. The second-order valence-electron chi connectivity index (χ2n) is 15.8. The molecule has 0 bridgehead atoms. The van der Waals surface area contributed by atoms with E-state index in [2.05, 4.69) is 144 Å². The largest absolute Gasteiger partial charge is 0.386 e. The summed E-state index contributed by atoms with van der Waals surface area (Å²) in [5.74, 6) is 2.50. The molecule has 262 valence electrons. The maximum absolute atomic E-state index is 10.9.